The lowest BCUT2D eigenvalue weighted by Gasteiger charge is -2.12. The van der Waals surface area contributed by atoms with Gasteiger partial charge in [-0.05, 0) is 31.9 Å². The third-order valence-corrected chi connectivity index (χ3v) is 4.23. The van der Waals surface area contributed by atoms with Crippen LogP contribution < -0.4 is 14.2 Å². The van der Waals surface area contributed by atoms with Gasteiger partial charge in [-0.1, -0.05) is 0 Å². The molecule has 6 nitrogen and oxygen atoms in total. The minimum Gasteiger partial charge on any atom is -0.497 e. The largest absolute Gasteiger partial charge is 0.497 e. The lowest BCUT2D eigenvalue weighted by Crippen LogP contribution is -2.25. The molecule has 2 N–H and O–H groups in total. The minimum atomic E-state index is -3.67. The molecule has 0 saturated carbocycles. The standard InChI is InChI=1S/C13H21NO5S/c1-10(15)5-4-8-14-20(16,17)13-9-11(18-2)6-7-12(13)19-3/h6-7,9-10,14-15H,4-5,8H2,1-3H3. The van der Waals surface area contributed by atoms with Gasteiger partial charge in [-0.3, -0.25) is 0 Å². The van der Waals surface area contributed by atoms with Gasteiger partial charge in [0.25, 0.3) is 0 Å². The molecule has 0 amide bonds. The maximum absolute atomic E-state index is 12.2. The molecular formula is C13H21NO5S. The van der Waals surface area contributed by atoms with E-state index in [-0.39, 0.29) is 17.2 Å². The van der Waals surface area contributed by atoms with Crippen LogP contribution in [0.25, 0.3) is 0 Å². The molecule has 0 aliphatic carbocycles. The first kappa shape index (κ1) is 16.7. The Hall–Kier alpha value is -1.31. The Labute approximate surface area is 119 Å². The fourth-order valence-corrected chi connectivity index (χ4v) is 2.93. The Morgan fingerprint density at radius 1 is 1.30 bits per heavy atom. The zero-order valence-electron chi connectivity index (χ0n) is 11.9. The molecule has 1 atom stereocenters. The molecule has 0 bridgehead atoms. The van der Waals surface area contributed by atoms with Crippen LogP contribution in [0.2, 0.25) is 0 Å². The molecule has 0 aromatic heterocycles. The molecule has 0 aliphatic heterocycles. The van der Waals surface area contributed by atoms with Crippen molar-refractivity contribution in [3.8, 4) is 11.5 Å². The zero-order valence-corrected chi connectivity index (χ0v) is 12.7. The predicted octanol–water partition coefficient (Wildman–Crippen LogP) is 1.14. The molecule has 1 unspecified atom stereocenters. The predicted molar refractivity (Wildman–Crippen MR) is 75.6 cm³/mol. The molecule has 7 heteroatoms. The van der Waals surface area contributed by atoms with Crippen molar-refractivity contribution >= 4 is 10.0 Å². The normalized spacial score (nSPS) is 13.0. The highest BCUT2D eigenvalue weighted by Crippen LogP contribution is 2.27. The highest BCUT2D eigenvalue weighted by molar-refractivity contribution is 7.89. The van der Waals surface area contributed by atoms with Gasteiger partial charge in [0.2, 0.25) is 10.0 Å². The van der Waals surface area contributed by atoms with E-state index in [1.54, 1.807) is 19.1 Å². The van der Waals surface area contributed by atoms with Gasteiger partial charge >= 0.3 is 0 Å². The monoisotopic (exact) mass is 303 g/mol. The Balaban J connectivity index is 2.85. The maximum atomic E-state index is 12.2. The topological polar surface area (TPSA) is 84.9 Å². The van der Waals surface area contributed by atoms with E-state index in [1.165, 1.54) is 20.3 Å². The molecule has 0 spiro atoms. The summed E-state index contributed by atoms with van der Waals surface area (Å²) in [5.74, 6) is 0.698. The van der Waals surface area contributed by atoms with Gasteiger partial charge in [0, 0.05) is 12.6 Å². The summed E-state index contributed by atoms with van der Waals surface area (Å²) in [6, 6.07) is 4.59. The smallest absolute Gasteiger partial charge is 0.244 e. The first-order valence-electron chi connectivity index (χ1n) is 6.30. The van der Waals surface area contributed by atoms with Crippen molar-refractivity contribution in [2.75, 3.05) is 20.8 Å². The zero-order chi connectivity index (χ0) is 15.2. The molecule has 0 saturated heterocycles. The lowest BCUT2D eigenvalue weighted by atomic mass is 10.2. The summed E-state index contributed by atoms with van der Waals surface area (Å²) in [5.41, 5.74) is 0. The number of rotatable bonds is 8. The first-order valence-corrected chi connectivity index (χ1v) is 7.78. The van der Waals surface area contributed by atoms with E-state index in [1.807, 2.05) is 0 Å². The van der Waals surface area contributed by atoms with Gasteiger partial charge in [-0.15, -0.1) is 0 Å². The molecule has 0 aliphatic rings. The first-order chi connectivity index (χ1) is 9.40. The van der Waals surface area contributed by atoms with Crippen molar-refractivity contribution in [2.45, 2.75) is 30.8 Å². The Kier molecular flexibility index (Phi) is 6.25. The van der Waals surface area contributed by atoms with Gasteiger partial charge in [0.05, 0.1) is 20.3 Å². The fraction of sp³-hybridized carbons (Fsp3) is 0.538. The van der Waals surface area contributed by atoms with Crippen molar-refractivity contribution in [1.82, 2.24) is 4.72 Å². The van der Waals surface area contributed by atoms with Gasteiger partial charge in [0.1, 0.15) is 16.4 Å². The molecule has 1 aromatic rings. The van der Waals surface area contributed by atoms with Crippen LogP contribution in [0.4, 0.5) is 0 Å². The summed E-state index contributed by atoms with van der Waals surface area (Å²) >= 11 is 0. The molecule has 20 heavy (non-hydrogen) atoms. The van der Waals surface area contributed by atoms with E-state index in [4.69, 9.17) is 14.6 Å². The van der Waals surface area contributed by atoms with E-state index in [0.29, 0.717) is 18.6 Å². The highest BCUT2D eigenvalue weighted by Gasteiger charge is 2.20. The number of sulfonamides is 1. The number of hydrogen-bond acceptors (Lipinski definition) is 5. The summed E-state index contributed by atoms with van der Waals surface area (Å²) < 4.78 is 37.0. The fourth-order valence-electron chi connectivity index (χ4n) is 1.68. The van der Waals surface area contributed by atoms with Crippen LogP contribution >= 0.6 is 0 Å². The molecule has 0 heterocycles. The van der Waals surface area contributed by atoms with Crippen LogP contribution in [-0.4, -0.2) is 40.4 Å². The lowest BCUT2D eigenvalue weighted by molar-refractivity contribution is 0.182. The number of ether oxygens (including phenoxy) is 2. The van der Waals surface area contributed by atoms with Crippen molar-refractivity contribution in [3.63, 3.8) is 0 Å². The average Bonchev–Trinajstić information content (AvgIpc) is 2.42. The highest BCUT2D eigenvalue weighted by atomic mass is 32.2. The number of nitrogens with one attached hydrogen (secondary N) is 1. The quantitative estimate of drug-likeness (QED) is 0.704. The molecule has 114 valence electrons. The van der Waals surface area contributed by atoms with Crippen LogP contribution in [0.1, 0.15) is 19.8 Å². The van der Waals surface area contributed by atoms with Crippen LogP contribution in [0, 0.1) is 0 Å². The second-order valence-corrected chi connectivity index (χ2v) is 6.14. The van der Waals surface area contributed by atoms with Crippen LogP contribution in [0.15, 0.2) is 23.1 Å². The maximum Gasteiger partial charge on any atom is 0.244 e. The summed E-state index contributed by atoms with van der Waals surface area (Å²) in [4.78, 5) is 0.0383. The summed E-state index contributed by atoms with van der Waals surface area (Å²) in [6.45, 7) is 1.92. The summed E-state index contributed by atoms with van der Waals surface area (Å²) in [6.07, 6.45) is 0.659. The Morgan fingerprint density at radius 3 is 2.55 bits per heavy atom. The number of benzene rings is 1. The third-order valence-electron chi connectivity index (χ3n) is 2.75. The van der Waals surface area contributed by atoms with E-state index in [0.717, 1.165) is 0 Å². The average molecular weight is 303 g/mol. The van der Waals surface area contributed by atoms with Crippen molar-refractivity contribution < 1.29 is 23.0 Å². The third kappa shape index (κ3) is 4.66. The van der Waals surface area contributed by atoms with E-state index < -0.39 is 16.1 Å². The number of aliphatic hydroxyl groups is 1. The summed E-state index contributed by atoms with van der Waals surface area (Å²) in [5, 5.41) is 9.14. The van der Waals surface area contributed by atoms with Gasteiger partial charge < -0.3 is 14.6 Å². The van der Waals surface area contributed by atoms with Crippen molar-refractivity contribution in [3.05, 3.63) is 18.2 Å². The van der Waals surface area contributed by atoms with Gasteiger partial charge in [-0.25, -0.2) is 13.1 Å². The molecule has 0 radical (unpaired) electrons. The number of hydrogen-bond donors (Lipinski definition) is 2. The van der Waals surface area contributed by atoms with E-state index >= 15 is 0 Å². The van der Waals surface area contributed by atoms with E-state index in [2.05, 4.69) is 4.72 Å². The van der Waals surface area contributed by atoms with Crippen LogP contribution in [0.3, 0.4) is 0 Å². The van der Waals surface area contributed by atoms with Gasteiger partial charge in [0.15, 0.2) is 0 Å². The molecular weight excluding hydrogens is 282 g/mol. The van der Waals surface area contributed by atoms with Crippen molar-refractivity contribution in [2.24, 2.45) is 0 Å². The van der Waals surface area contributed by atoms with Crippen molar-refractivity contribution in [1.29, 1.82) is 0 Å². The Bertz CT molecular complexity index is 528. The minimum absolute atomic E-state index is 0.0383. The van der Waals surface area contributed by atoms with Crippen LogP contribution in [-0.2, 0) is 10.0 Å². The summed E-state index contributed by atoms with van der Waals surface area (Å²) in [7, 11) is -0.793. The SMILES string of the molecule is COc1ccc(OC)c(S(=O)(=O)NCCCC(C)O)c1. The second-order valence-electron chi connectivity index (χ2n) is 4.41. The molecule has 0 fully saturated rings. The second kappa shape index (κ2) is 7.47. The van der Waals surface area contributed by atoms with E-state index in [9.17, 15) is 8.42 Å². The van der Waals surface area contributed by atoms with Gasteiger partial charge in [-0.2, -0.15) is 0 Å². The molecule has 1 aromatic carbocycles. The Morgan fingerprint density at radius 2 is 2.00 bits per heavy atom. The van der Waals surface area contributed by atoms with Crippen LogP contribution in [0.5, 0.6) is 11.5 Å². The number of aliphatic hydroxyl groups excluding tert-OH is 1. The molecule has 1 rings (SSSR count). The number of methoxy groups -OCH3 is 2.